The molecule has 1 heterocycles. The van der Waals surface area contributed by atoms with E-state index in [2.05, 4.69) is 17.0 Å². The van der Waals surface area contributed by atoms with Crippen LogP contribution in [0, 0.1) is 5.92 Å². The second-order valence-electron chi connectivity index (χ2n) is 5.94. The summed E-state index contributed by atoms with van der Waals surface area (Å²) in [6, 6.07) is 18.1. The van der Waals surface area contributed by atoms with Crippen molar-refractivity contribution < 1.29 is 9.53 Å². The van der Waals surface area contributed by atoms with E-state index in [1.54, 1.807) is 0 Å². The number of benzene rings is 2. The van der Waals surface area contributed by atoms with Crippen LogP contribution in [-0.4, -0.2) is 31.1 Å². The lowest BCUT2D eigenvalue weighted by molar-refractivity contribution is -0.145. The summed E-state index contributed by atoms with van der Waals surface area (Å²) in [6.45, 7) is 2.32. The first-order chi connectivity index (χ1) is 11.2. The van der Waals surface area contributed by atoms with E-state index in [9.17, 15) is 4.79 Å². The summed E-state index contributed by atoms with van der Waals surface area (Å²) in [5.74, 6) is -0.269. The molecular formula is C19H20ClNO2. The number of hydrogen-bond acceptors (Lipinski definition) is 3. The number of likely N-dealkylation sites (tertiary alicyclic amines) is 1. The molecule has 2 unspecified atom stereocenters. The third kappa shape index (κ3) is 3.57. The summed E-state index contributed by atoms with van der Waals surface area (Å²) in [5, 5.41) is 0.716. The maximum atomic E-state index is 12.2. The van der Waals surface area contributed by atoms with Crippen LogP contribution in [0.15, 0.2) is 54.6 Å². The predicted octanol–water partition coefficient (Wildman–Crippen LogP) is 3.73. The van der Waals surface area contributed by atoms with Crippen molar-refractivity contribution in [1.29, 1.82) is 0 Å². The fourth-order valence-electron chi connectivity index (χ4n) is 3.34. The molecule has 0 spiro atoms. The minimum Gasteiger partial charge on any atom is -0.469 e. The van der Waals surface area contributed by atoms with E-state index in [4.69, 9.17) is 16.3 Å². The third-order valence-corrected chi connectivity index (χ3v) is 4.80. The molecular weight excluding hydrogens is 310 g/mol. The van der Waals surface area contributed by atoms with Gasteiger partial charge in [0, 0.05) is 30.6 Å². The molecule has 1 fully saturated rings. The summed E-state index contributed by atoms with van der Waals surface area (Å²) in [6.07, 6.45) is 0. The molecule has 1 saturated heterocycles. The Kier molecular flexibility index (Phi) is 4.99. The van der Waals surface area contributed by atoms with Crippen LogP contribution in [0.3, 0.4) is 0 Å². The molecule has 1 aliphatic heterocycles. The van der Waals surface area contributed by atoms with Crippen LogP contribution in [0.4, 0.5) is 0 Å². The number of ether oxygens (including phenoxy) is 1. The average molecular weight is 330 g/mol. The van der Waals surface area contributed by atoms with Gasteiger partial charge in [0.15, 0.2) is 0 Å². The number of esters is 1. The summed E-state index contributed by atoms with van der Waals surface area (Å²) in [7, 11) is 1.45. The van der Waals surface area contributed by atoms with Gasteiger partial charge < -0.3 is 4.74 Å². The molecule has 3 rings (SSSR count). The van der Waals surface area contributed by atoms with Crippen molar-refractivity contribution in [1.82, 2.24) is 4.90 Å². The number of nitrogens with zero attached hydrogens (tertiary/aromatic N) is 1. The van der Waals surface area contributed by atoms with E-state index >= 15 is 0 Å². The molecule has 4 heteroatoms. The normalized spacial score (nSPS) is 21.3. The van der Waals surface area contributed by atoms with Gasteiger partial charge in [-0.15, -0.1) is 0 Å². The highest BCUT2D eigenvalue weighted by atomic mass is 35.5. The van der Waals surface area contributed by atoms with Gasteiger partial charge in [0.25, 0.3) is 0 Å². The van der Waals surface area contributed by atoms with E-state index in [1.807, 2.05) is 42.5 Å². The molecule has 0 saturated carbocycles. The maximum absolute atomic E-state index is 12.2. The highest BCUT2D eigenvalue weighted by molar-refractivity contribution is 6.31. The first-order valence-corrected chi connectivity index (χ1v) is 8.15. The van der Waals surface area contributed by atoms with Gasteiger partial charge in [0.1, 0.15) is 0 Å². The molecule has 120 valence electrons. The number of hydrogen-bond donors (Lipinski definition) is 0. The lowest BCUT2D eigenvalue weighted by Gasteiger charge is -2.18. The van der Waals surface area contributed by atoms with Crippen LogP contribution in [0.2, 0.25) is 5.02 Å². The molecule has 0 aliphatic carbocycles. The molecule has 0 radical (unpaired) electrons. The van der Waals surface area contributed by atoms with Crippen molar-refractivity contribution in [3.05, 3.63) is 70.7 Å². The molecule has 0 N–H and O–H groups in total. The summed E-state index contributed by atoms with van der Waals surface area (Å²) in [4.78, 5) is 14.5. The molecule has 0 amide bonds. The number of methoxy groups -OCH3 is 1. The number of rotatable bonds is 4. The zero-order chi connectivity index (χ0) is 16.2. The molecule has 0 aromatic heterocycles. The molecule has 0 bridgehead atoms. The Morgan fingerprint density at radius 2 is 1.83 bits per heavy atom. The fraction of sp³-hybridized carbons (Fsp3) is 0.316. The van der Waals surface area contributed by atoms with Crippen molar-refractivity contribution in [2.75, 3.05) is 20.2 Å². The van der Waals surface area contributed by atoms with Gasteiger partial charge in [-0.2, -0.15) is 0 Å². The van der Waals surface area contributed by atoms with Gasteiger partial charge in [0.05, 0.1) is 13.0 Å². The molecule has 23 heavy (non-hydrogen) atoms. The number of halogens is 1. The average Bonchev–Trinajstić information content (AvgIpc) is 2.99. The number of carbonyl (C=O) groups excluding carboxylic acids is 1. The van der Waals surface area contributed by atoms with E-state index in [1.165, 1.54) is 12.7 Å². The highest BCUT2D eigenvalue weighted by Gasteiger charge is 2.39. The quantitative estimate of drug-likeness (QED) is 0.800. The van der Waals surface area contributed by atoms with Crippen LogP contribution >= 0.6 is 11.6 Å². The van der Waals surface area contributed by atoms with E-state index in [-0.39, 0.29) is 17.8 Å². The van der Waals surface area contributed by atoms with Crippen LogP contribution in [0.5, 0.6) is 0 Å². The standard InChI is InChI=1S/C19H20ClNO2/c1-23-19(22)17-13-21(11-14-7-3-2-4-8-14)12-16(17)15-9-5-6-10-18(15)20/h2-10,16-17H,11-13H2,1H3. The first kappa shape index (κ1) is 16.0. The maximum Gasteiger partial charge on any atom is 0.310 e. The smallest absolute Gasteiger partial charge is 0.310 e. The zero-order valence-corrected chi connectivity index (χ0v) is 13.9. The Bertz CT molecular complexity index is 674. The Labute approximate surface area is 141 Å². The van der Waals surface area contributed by atoms with Gasteiger partial charge in [-0.3, -0.25) is 9.69 Å². The van der Waals surface area contributed by atoms with Gasteiger partial charge >= 0.3 is 5.97 Å². The zero-order valence-electron chi connectivity index (χ0n) is 13.1. The van der Waals surface area contributed by atoms with Crippen molar-refractivity contribution in [2.45, 2.75) is 12.5 Å². The Morgan fingerprint density at radius 3 is 2.52 bits per heavy atom. The minimum atomic E-state index is -0.177. The molecule has 2 aromatic carbocycles. The first-order valence-electron chi connectivity index (χ1n) is 7.77. The van der Waals surface area contributed by atoms with E-state index in [0.29, 0.717) is 11.6 Å². The van der Waals surface area contributed by atoms with E-state index in [0.717, 1.165) is 18.7 Å². The van der Waals surface area contributed by atoms with Crippen molar-refractivity contribution in [3.63, 3.8) is 0 Å². The molecule has 2 atom stereocenters. The minimum absolute atomic E-state index is 0.0693. The predicted molar refractivity (Wildman–Crippen MR) is 91.4 cm³/mol. The molecule has 2 aromatic rings. The third-order valence-electron chi connectivity index (χ3n) is 4.45. The van der Waals surface area contributed by atoms with Crippen molar-refractivity contribution in [3.8, 4) is 0 Å². The van der Waals surface area contributed by atoms with Crippen LogP contribution in [0.1, 0.15) is 17.0 Å². The summed E-state index contributed by atoms with van der Waals surface area (Å²) in [5.41, 5.74) is 2.27. The Balaban J connectivity index is 1.82. The van der Waals surface area contributed by atoms with Crippen LogP contribution in [0.25, 0.3) is 0 Å². The Morgan fingerprint density at radius 1 is 1.13 bits per heavy atom. The number of carbonyl (C=O) groups is 1. The van der Waals surface area contributed by atoms with Crippen molar-refractivity contribution in [2.24, 2.45) is 5.92 Å². The lowest BCUT2D eigenvalue weighted by Crippen LogP contribution is -2.24. The molecule has 1 aliphatic rings. The van der Waals surface area contributed by atoms with Crippen LogP contribution in [-0.2, 0) is 16.1 Å². The lowest BCUT2D eigenvalue weighted by atomic mass is 9.89. The monoisotopic (exact) mass is 329 g/mol. The van der Waals surface area contributed by atoms with Gasteiger partial charge in [-0.1, -0.05) is 60.1 Å². The highest BCUT2D eigenvalue weighted by Crippen LogP contribution is 2.37. The van der Waals surface area contributed by atoms with Gasteiger partial charge in [-0.05, 0) is 17.2 Å². The SMILES string of the molecule is COC(=O)C1CN(Cc2ccccc2)CC1c1ccccc1Cl. The Hall–Kier alpha value is -1.84. The summed E-state index contributed by atoms with van der Waals surface area (Å²) < 4.78 is 5.02. The molecule has 3 nitrogen and oxygen atoms in total. The fourth-order valence-corrected chi connectivity index (χ4v) is 3.61. The van der Waals surface area contributed by atoms with Crippen molar-refractivity contribution >= 4 is 17.6 Å². The largest absolute Gasteiger partial charge is 0.469 e. The topological polar surface area (TPSA) is 29.5 Å². The van der Waals surface area contributed by atoms with Crippen LogP contribution < -0.4 is 0 Å². The summed E-state index contributed by atoms with van der Waals surface area (Å²) >= 11 is 6.35. The van der Waals surface area contributed by atoms with E-state index < -0.39 is 0 Å². The second kappa shape index (κ2) is 7.16. The van der Waals surface area contributed by atoms with Gasteiger partial charge in [-0.25, -0.2) is 0 Å². The van der Waals surface area contributed by atoms with Gasteiger partial charge in [0.2, 0.25) is 0 Å². The second-order valence-corrected chi connectivity index (χ2v) is 6.34.